The average Bonchev–Trinajstić information content (AvgIpc) is 2.88. The van der Waals surface area contributed by atoms with Crippen molar-refractivity contribution in [2.45, 2.75) is 13.3 Å². The van der Waals surface area contributed by atoms with E-state index in [4.69, 9.17) is 19.9 Å². The van der Waals surface area contributed by atoms with Crippen molar-refractivity contribution in [3.63, 3.8) is 0 Å². The Morgan fingerprint density at radius 2 is 1.82 bits per heavy atom. The Balaban J connectivity index is 1.49. The van der Waals surface area contributed by atoms with Crippen LogP contribution in [0.5, 0.6) is 23.0 Å². The van der Waals surface area contributed by atoms with Crippen LogP contribution in [0.25, 0.3) is 10.9 Å². The SMILES string of the molecule is COc1cc2c(Oc3ccc(N(C(C)=O)C(N)=O)cc3F)ccnc2cc1OCCCN1CCN(C)CC1. The summed E-state index contributed by atoms with van der Waals surface area (Å²) in [5.41, 5.74) is 5.83. The molecule has 38 heavy (non-hydrogen) atoms. The van der Waals surface area contributed by atoms with Gasteiger partial charge in [0.05, 0.1) is 24.9 Å². The minimum atomic E-state index is -1.00. The number of piperazine rings is 1. The van der Waals surface area contributed by atoms with Gasteiger partial charge in [0.2, 0.25) is 5.91 Å². The summed E-state index contributed by atoms with van der Waals surface area (Å²) in [6.45, 7) is 6.94. The quantitative estimate of drug-likeness (QED) is 0.422. The van der Waals surface area contributed by atoms with Crippen LogP contribution in [0, 0.1) is 5.82 Å². The molecule has 10 nitrogen and oxygen atoms in total. The fraction of sp³-hybridized carbons (Fsp3) is 0.370. The fourth-order valence-electron chi connectivity index (χ4n) is 4.33. The highest BCUT2D eigenvalue weighted by Gasteiger charge is 2.20. The zero-order valence-corrected chi connectivity index (χ0v) is 21.8. The lowest BCUT2D eigenvalue weighted by atomic mass is 10.1. The number of methoxy groups -OCH3 is 1. The lowest BCUT2D eigenvalue weighted by molar-refractivity contribution is -0.115. The van der Waals surface area contributed by atoms with Gasteiger partial charge in [0, 0.05) is 63.4 Å². The van der Waals surface area contributed by atoms with Gasteiger partial charge in [0.15, 0.2) is 23.1 Å². The molecule has 0 radical (unpaired) electrons. The lowest BCUT2D eigenvalue weighted by Gasteiger charge is -2.32. The molecule has 2 aromatic carbocycles. The van der Waals surface area contributed by atoms with Crippen LogP contribution in [-0.4, -0.2) is 80.2 Å². The smallest absolute Gasteiger partial charge is 0.326 e. The van der Waals surface area contributed by atoms with Crippen molar-refractivity contribution in [2.24, 2.45) is 5.73 Å². The second-order valence-corrected chi connectivity index (χ2v) is 9.09. The van der Waals surface area contributed by atoms with Crippen LogP contribution in [0.1, 0.15) is 13.3 Å². The van der Waals surface area contributed by atoms with Crippen LogP contribution in [0.2, 0.25) is 0 Å². The Bertz CT molecular complexity index is 1300. The Kier molecular flexibility index (Phi) is 8.59. The van der Waals surface area contributed by atoms with E-state index in [9.17, 15) is 14.0 Å². The number of carbonyl (C=O) groups excluding carboxylic acids is 2. The van der Waals surface area contributed by atoms with E-state index >= 15 is 0 Å². The first-order valence-corrected chi connectivity index (χ1v) is 12.3. The van der Waals surface area contributed by atoms with E-state index in [2.05, 4.69) is 21.8 Å². The number of imide groups is 1. The van der Waals surface area contributed by atoms with Crippen LogP contribution < -0.4 is 24.8 Å². The molecule has 11 heteroatoms. The highest BCUT2D eigenvalue weighted by molar-refractivity contribution is 6.12. The van der Waals surface area contributed by atoms with Crippen LogP contribution in [0.3, 0.4) is 0 Å². The van der Waals surface area contributed by atoms with Gasteiger partial charge >= 0.3 is 6.03 Å². The molecular weight excluding hydrogens is 493 g/mol. The van der Waals surface area contributed by atoms with E-state index in [1.165, 1.54) is 12.1 Å². The number of benzene rings is 2. The molecule has 1 fully saturated rings. The Morgan fingerprint density at radius 1 is 1.05 bits per heavy atom. The number of hydrogen-bond donors (Lipinski definition) is 1. The lowest BCUT2D eigenvalue weighted by Crippen LogP contribution is -2.44. The number of pyridine rings is 1. The fourth-order valence-corrected chi connectivity index (χ4v) is 4.33. The number of urea groups is 1. The summed E-state index contributed by atoms with van der Waals surface area (Å²) in [5.74, 6) is -0.0849. The van der Waals surface area contributed by atoms with E-state index in [1.807, 2.05) is 0 Å². The molecule has 1 aliphatic rings. The van der Waals surface area contributed by atoms with Crippen LogP contribution in [0.4, 0.5) is 14.9 Å². The molecule has 4 rings (SSSR count). The summed E-state index contributed by atoms with van der Waals surface area (Å²) in [7, 11) is 3.69. The van der Waals surface area contributed by atoms with Crippen LogP contribution >= 0.6 is 0 Å². The van der Waals surface area contributed by atoms with Crippen LogP contribution in [0.15, 0.2) is 42.6 Å². The van der Waals surface area contributed by atoms with Crippen molar-refractivity contribution in [3.8, 4) is 23.0 Å². The Labute approximate surface area is 220 Å². The van der Waals surface area contributed by atoms with Crippen molar-refractivity contribution in [1.82, 2.24) is 14.8 Å². The predicted molar refractivity (Wildman–Crippen MR) is 142 cm³/mol. The first-order chi connectivity index (χ1) is 18.3. The predicted octanol–water partition coefficient (Wildman–Crippen LogP) is 3.62. The number of primary amides is 1. The van der Waals surface area contributed by atoms with Crippen molar-refractivity contribution >= 4 is 28.5 Å². The molecule has 2 heterocycles. The van der Waals surface area contributed by atoms with E-state index < -0.39 is 17.8 Å². The molecule has 202 valence electrons. The summed E-state index contributed by atoms with van der Waals surface area (Å²) in [6.07, 6.45) is 2.44. The third kappa shape index (κ3) is 6.29. The standard InChI is InChI=1S/C27H32FN5O5/c1-18(34)33(27(29)35)19-5-6-24(21(28)15-19)38-23-7-8-30-22-17-26(25(36-3)16-20(22)23)37-14-4-9-32-12-10-31(2)11-13-32/h5-8,15-17H,4,9-14H2,1-3H3,(H2,29,35). The Hall–Kier alpha value is -3.96. The number of nitrogens with zero attached hydrogens (tertiary/aromatic N) is 4. The van der Waals surface area contributed by atoms with Crippen LogP contribution in [-0.2, 0) is 4.79 Å². The van der Waals surface area contributed by atoms with Crippen molar-refractivity contribution in [1.29, 1.82) is 0 Å². The first kappa shape index (κ1) is 27.1. The van der Waals surface area contributed by atoms with Gasteiger partial charge in [-0.05, 0) is 37.7 Å². The second-order valence-electron chi connectivity index (χ2n) is 9.09. The number of aromatic nitrogens is 1. The molecule has 0 bridgehead atoms. The third-order valence-corrected chi connectivity index (χ3v) is 6.39. The van der Waals surface area contributed by atoms with Gasteiger partial charge in [-0.3, -0.25) is 9.78 Å². The number of ether oxygens (including phenoxy) is 3. The van der Waals surface area contributed by atoms with Crippen molar-refractivity contribution in [2.75, 3.05) is 58.4 Å². The molecule has 3 amide bonds. The van der Waals surface area contributed by atoms with Gasteiger partial charge < -0.3 is 29.7 Å². The highest BCUT2D eigenvalue weighted by atomic mass is 19.1. The number of amides is 3. The van der Waals surface area contributed by atoms with Gasteiger partial charge in [-0.1, -0.05) is 0 Å². The number of halogens is 1. The minimum absolute atomic E-state index is 0.00511. The number of nitrogens with two attached hydrogens (primary N) is 1. The zero-order chi connectivity index (χ0) is 27.2. The van der Waals surface area contributed by atoms with Gasteiger partial charge in [0.25, 0.3) is 0 Å². The molecule has 0 unspecified atom stereocenters. The van der Waals surface area contributed by atoms with Crippen molar-refractivity contribution in [3.05, 3.63) is 48.4 Å². The molecule has 1 aliphatic heterocycles. The van der Waals surface area contributed by atoms with Gasteiger partial charge in [-0.25, -0.2) is 14.1 Å². The number of rotatable bonds is 9. The largest absolute Gasteiger partial charge is 0.493 e. The molecule has 3 aromatic rings. The number of carbonyl (C=O) groups is 2. The molecule has 0 aliphatic carbocycles. The molecule has 2 N–H and O–H groups in total. The monoisotopic (exact) mass is 525 g/mol. The molecule has 1 saturated heterocycles. The van der Waals surface area contributed by atoms with Gasteiger partial charge in [-0.15, -0.1) is 0 Å². The molecule has 0 atom stereocenters. The molecule has 0 saturated carbocycles. The second kappa shape index (κ2) is 12.1. The topological polar surface area (TPSA) is 110 Å². The number of likely N-dealkylation sites (N-methyl/N-ethyl adjacent to an activating group) is 1. The minimum Gasteiger partial charge on any atom is -0.493 e. The summed E-state index contributed by atoms with van der Waals surface area (Å²) in [6, 6.07) is 7.83. The van der Waals surface area contributed by atoms with E-state index in [-0.39, 0.29) is 11.4 Å². The van der Waals surface area contributed by atoms with Gasteiger partial charge in [0.1, 0.15) is 5.75 Å². The van der Waals surface area contributed by atoms with E-state index in [1.54, 1.807) is 31.5 Å². The van der Waals surface area contributed by atoms with E-state index in [0.29, 0.717) is 39.7 Å². The maximum atomic E-state index is 14.9. The summed E-state index contributed by atoms with van der Waals surface area (Å²) in [5, 5.41) is 0.597. The normalized spacial score (nSPS) is 14.3. The third-order valence-electron chi connectivity index (χ3n) is 6.39. The molecular formula is C27H32FN5O5. The summed E-state index contributed by atoms with van der Waals surface area (Å²) >= 11 is 0. The number of hydrogen-bond acceptors (Lipinski definition) is 8. The zero-order valence-electron chi connectivity index (χ0n) is 21.8. The highest BCUT2D eigenvalue weighted by Crippen LogP contribution is 2.38. The maximum absolute atomic E-state index is 14.9. The van der Waals surface area contributed by atoms with Gasteiger partial charge in [-0.2, -0.15) is 0 Å². The first-order valence-electron chi connectivity index (χ1n) is 12.3. The summed E-state index contributed by atoms with van der Waals surface area (Å²) in [4.78, 5) is 33.1. The summed E-state index contributed by atoms with van der Waals surface area (Å²) < 4.78 is 32.3. The maximum Gasteiger partial charge on any atom is 0.326 e. The molecule has 1 aromatic heterocycles. The number of fused-ring (bicyclic) bond motifs is 1. The average molecular weight is 526 g/mol. The van der Waals surface area contributed by atoms with E-state index in [0.717, 1.165) is 52.1 Å². The number of anilines is 1. The van der Waals surface area contributed by atoms with Crippen molar-refractivity contribution < 1.29 is 28.2 Å². The molecule has 0 spiro atoms. The Morgan fingerprint density at radius 3 is 2.47 bits per heavy atom.